The molecule has 1 aromatic heterocycles. The van der Waals surface area contributed by atoms with Crippen LogP contribution in [0.5, 0.6) is 0 Å². The minimum atomic E-state index is -0.0850. The van der Waals surface area contributed by atoms with Gasteiger partial charge in [-0.3, -0.25) is 9.48 Å². The Balaban J connectivity index is 2.47. The Morgan fingerprint density at radius 1 is 1.62 bits per heavy atom. The highest BCUT2D eigenvalue weighted by atomic mass is 16.1. The fraction of sp³-hybridized carbons (Fsp3) is 0.636. The largest absolute Gasteiger partial charge is 0.351 e. The Labute approximate surface area is 96.0 Å². The molecule has 0 radical (unpaired) electrons. The van der Waals surface area contributed by atoms with Crippen LogP contribution in [0.3, 0.4) is 0 Å². The van der Waals surface area contributed by atoms with Crippen molar-refractivity contribution in [1.82, 2.24) is 15.1 Å². The van der Waals surface area contributed by atoms with Crippen molar-refractivity contribution in [2.45, 2.75) is 20.3 Å². The van der Waals surface area contributed by atoms with Crippen molar-refractivity contribution >= 4 is 5.91 Å². The lowest BCUT2D eigenvalue weighted by Gasteiger charge is -2.23. The number of carbonyl (C=O) groups excluding carboxylic acids is 1. The minimum absolute atomic E-state index is 0.0343. The fourth-order valence-electron chi connectivity index (χ4n) is 1.44. The maximum absolute atomic E-state index is 11.7. The average Bonchev–Trinajstić information content (AvgIpc) is 2.61. The monoisotopic (exact) mass is 224 g/mol. The second kappa shape index (κ2) is 5.12. The third-order valence-corrected chi connectivity index (χ3v) is 2.52. The summed E-state index contributed by atoms with van der Waals surface area (Å²) in [5.41, 5.74) is 6.13. The van der Waals surface area contributed by atoms with E-state index < -0.39 is 0 Å². The highest BCUT2D eigenvalue weighted by molar-refractivity contribution is 5.93. The lowest BCUT2D eigenvalue weighted by atomic mass is 9.89. The van der Waals surface area contributed by atoms with E-state index in [4.69, 9.17) is 5.73 Å². The van der Waals surface area contributed by atoms with Gasteiger partial charge < -0.3 is 11.1 Å². The van der Waals surface area contributed by atoms with Gasteiger partial charge in [0.05, 0.1) is 11.8 Å². The highest BCUT2D eigenvalue weighted by Crippen LogP contribution is 2.17. The first kappa shape index (κ1) is 12.7. The van der Waals surface area contributed by atoms with E-state index in [9.17, 15) is 4.79 Å². The average molecular weight is 224 g/mol. The molecular weight excluding hydrogens is 204 g/mol. The molecule has 0 atom stereocenters. The van der Waals surface area contributed by atoms with E-state index >= 15 is 0 Å². The van der Waals surface area contributed by atoms with Gasteiger partial charge in [0.2, 0.25) is 0 Å². The molecule has 1 heterocycles. The summed E-state index contributed by atoms with van der Waals surface area (Å²) in [6.07, 6.45) is 4.15. The van der Waals surface area contributed by atoms with Gasteiger partial charge in [0.25, 0.3) is 5.91 Å². The Morgan fingerprint density at radius 3 is 2.81 bits per heavy atom. The summed E-state index contributed by atoms with van der Waals surface area (Å²) in [4.78, 5) is 11.7. The summed E-state index contributed by atoms with van der Waals surface area (Å²) in [6, 6.07) is 0. The van der Waals surface area contributed by atoms with Crippen LogP contribution in [0, 0.1) is 5.41 Å². The molecule has 0 aliphatic heterocycles. The van der Waals surface area contributed by atoms with E-state index in [1.54, 1.807) is 24.1 Å². The third kappa shape index (κ3) is 3.66. The van der Waals surface area contributed by atoms with Crippen LogP contribution >= 0.6 is 0 Å². The zero-order valence-electron chi connectivity index (χ0n) is 10.2. The lowest BCUT2D eigenvalue weighted by Crippen LogP contribution is -2.35. The number of aromatic nitrogens is 2. The second-order valence-electron chi connectivity index (χ2n) is 4.79. The van der Waals surface area contributed by atoms with Crippen LogP contribution in [0.25, 0.3) is 0 Å². The van der Waals surface area contributed by atoms with E-state index in [1.807, 2.05) is 0 Å². The van der Waals surface area contributed by atoms with Crippen LogP contribution in [-0.4, -0.2) is 28.8 Å². The van der Waals surface area contributed by atoms with E-state index in [1.165, 1.54) is 0 Å². The fourth-order valence-corrected chi connectivity index (χ4v) is 1.44. The second-order valence-corrected chi connectivity index (χ2v) is 4.79. The lowest BCUT2D eigenvalue weighted by molar-refractivity contribution is 0.0935. The Kier molecular flexibility index (Phi) is 4.06. The zero-order valence-corrected chi connectivity index (χ0v) is 10.2. The maximum Gasteiger partial charge on any atom is 0.254 e. The molecule has 0 unspecified atom stereocenters. The van der Waals surface area contributed by atoms with Gasteiger partial charge in [-0.05, 0) is 18.4 Å². The van der Waals surface area contributed by atoms with E-state index in [-0.39, 0.29) is 11.3 Å². The molecule has 0 saturated heterocycles. The van der Waals surface area contributed by atoms with Crippen LogP contribution in [0.2, 0.25) is 0 Å². The van der Waals surface area contributed by atoms with E-state index in [2.05, 4.69) is 24.3 Å². The molecule has 5 nitrogen and oxygen atoms in total. The number of aryl methyl sites for hydroxylation is 1. The van der Waals surface area contributed by atoms with Crippen LogP contribution in [0.4, 0.5) is 0 Å². The van der Waals surface area contributed by atoms with Crippen LogP contribution in [0.15, 0.2) is 12.4 Å². The number of hydrogen-bond donors (Lipinski definition) is 2. The first-order valence-corrected chi connectivity index (χ1v) is 5.41. The molecule has 1 aromatic rings. The maximum atomic E-state index is 11.7. The van der Waals surface area contributed by atoms with Crippen molar-refractivity contribution < 1.29 is 4.79 Å². The number of nitrogens with one attached hydrogen (secondary N) is 1. The molecule has 0 aliphatic carbocycles. The summed E-state index contributed by atoms with van der Waals surface area (Å²) >= 11 is 0. The molecule has 90 valence electrons. The standard InChI is InChI=1S/C11H20N4O/c1-11(2,4-5-12)8-13-10(16)9-6-14-15(3)7-9/h6-7H,4-5,8,12H2,1-3H3,(H,13,16). The molecule has 16 heavy (non-hydrogen) atoms. The van der Waals surface area contributed by atoms with Gasteiger partial charge in [0.15, 0.2) is 0 Å². The third-order valence-electron chi connectivity index (χ3n) is 2.52. The summed E-state index contributed by atoms with van der Waals surface area (Å²) in [5, 5.41) is 6.84. The van der Waals surface area contributed by atoms with Crippen molar-refractivity contribution in [3.05, 3.63) is 18.0 Å². The zero-order chi connectivity index (χ0) is 12.2. The summed E-state index contributed by atoms with van der Waals surface area (Å²) in [5.74, 6) is -0.0850. The SMILES string of the molecule is Cn1cc(C(=O)NCC(C)(C)CCN)cn1. The van der Waals surface area contributed by atoms with Crippen LogP contribution in [-0.2, 0) is 7.05 Å². The van der Waals surface area contributed by atoms with Gasteiger partial charge in [-0.15, -0.1) is 0 Å². The molecule has 3 N–H and O–H groups in total. The smallest absolute Gasteiger partial charge is 0.254 e. The number of amides is 1. The van der Waals surface area contributed by atoms with Gasteiger partial charge in [-0.1, -0.05) is 13.8 Å². The Hall–Kier alpha value is -1.36. The molecule has 0 aromatic carbocycles. The number of carbonyl (C=O) groups is 1. The molecule has 0 bridgehead atoms. The summed E-state index contributed by atoms with van der Waals surface area (Å²) in [7, 11) is 1.79. The molecule has 0 spiro atoms. The number of nitrogens with two attached hydrogens (primary N) is 1. The first-order valence-electron chi connectivity index (χ1n) is 5.41. The van der Waals surface area contributed by atoms with Crippen molar-refractivity contribution in [3.63, 3.8) is 0 Å². The normalized spacial score (nSPS) is 11.5. The number of rotatable bonds is 5. The van der Waals surface area contributed by atoms with E-state index in [0.29, 0.717) is 18.7 Å². The minimum Gasteiger partial charge on any atom is -0.351 e. The van der Waals surface area contributed by atoms with Crippen molar-refractivity contribution in [2.24, 2.45) is 18.2 Å². The van der Waals surface area contributed by atoms with Gasteiger partial charge in [0, 0.05) is 19.8 Å². The quantitative estimate of drug-likeness (QED) is 0.766. The van der Waals surface area contributed by atoms with Gasteiger partial charge in [-0.25, -0.2) is 0 Å². The molecule has 0 saturated carbocycles. The Morgan fingerprint density at radius 2 is 2.31 bits per heavy atom. The van der Waals surface area contributed by atoms with Gasteiger partial charge in [0.1, 0.15) is 0 Å². The predicted octanol–water partition coefficient (Wildman–Crippen LogP) is 0.525. The number of hydrogen-bond acceptors (Lipinski definition) is 3. The molecule has 1 rings (SSSR count). The highest BCUT2D eigenvalue weighted by Gasteiger charge is 2.18. The van der Waals surface area contributed by atoms with Crippen molar-refractivity contribution in [2.75, 3.05) is 13.1 Å². The molecule has 0 aliphatic rings. The van der Waals surface area contributed by atoms with Gasteiger partial charge >= 0.3 is 0 Å². The first-order chi connectivity index (χ1) is 7.44. The summed E-state index contributed by atoms with van der Waals surface area (Å²) in [6.45, 7) is 5.43. The van der Waals surface area contributed by atoms with Crippen molar-refractivity contribution in [1.29, 1.82) is 0 Å². The Bertz CT molecular complexity index is 357. The van der Waals surface area contributed by atoms with Crippen molar-refractivity contribution in [3.8, 4) is 0 Å². The summed E-state index contributed by atoms with van der Waals surface area (Å²) < 4.78 is 1.61. The topological polar surface area (TPSA) is 72.9 Å². The molecule has 0 fully saturated rings. The predicted molar refractivity (Wildman–Crippen MR) is 63.0 cm³/mol. The number of nitrogens with zero attached hydrogens (tertiary/aromatic N) is 2. The molecule has 5 heteroatoms. The molecular formula is C11H20N4O. The van der Waals surface area contributed by atoms with Gasteiger partial charge in [-0.2, -0.15) is 5.10 Å². The molecule has 1 amide bonds. The van der Waals surface area contributed by atoms with Crippen LogP contribution in [0.1, 0.15) is 30.6 Å². The van der Waals surface area contributed by atoms with E-state index in [0.717, 1.165) is 6.42 Å². The van der Waals surface area contributed by atoms with Crippen LogP contribution < -0.4 is 11.1 Å².